The van der Waals surface area contributed by atoms with E-state index < -0.39 is 7.02 Å². The van der Waals surface area contributed by atoms with Gasteiger partial charge in [0.1, 0.15) is 0 Å². The van der Waals surface area contributed by atoms with Gasteiger partial charge in [-0.3, -0.25) is 0 Å². The molecule has 0 atom stereocenters. The first-order valence-corrected chi connectivity index (χ1v) is 14.0. The van der Waals surface area contributed by atoms with Crippen LogP contribution in [0.3, 0.4) is 0 Å². The summed E-state index contributed by atoms with van der Waals surface area (Å²) >= 11 is 14.5. The van der Waals surface area contributed by atoms with E-state index in [0.29, 0.717) is 0 Å². The van der Waals surface area contributed by atoms with Crippen LogP contribution in [0.2, 0.25) is 0 Å². The van der Waals surface area contributed by atoms with E-state index in [9.17, 15) is 0 Å². The lowest BCUT2D eigenvalue weighted by molar-refractivity contribution is -0.544. The third-order valence-corrected chi connectivity index (χ3v) is 11.8. The van der Waals surface area contributed by atoms with Crippen LogP contribution in [0.25, 0.3) is 0 Å². The maximum Gasteiger partial charge on any atom is 0.688 e. The first-order valence-electron chi connectivity index (χ1n) is 10.1. The average Bonchev–Trinajstić information content (AvgIpc) is 2.50. The zero-order chi connectivity index (χ0) is 18.3. The number of benzene rings is 1. The molecule has 0 aromatic heterocycles. The number of amidine groups is 1. The zero-order valence-electron chi connectivity index (χ0n) is 16.0. The standard InChI is InChI=1S/C21H29Cl2N2Si/c1-20(2,3)24-19(18-7-5-4-6-8-18)25(26(24,22)23)21-12-15-9-16(13-21)11-17(10-15)14-21/h4-8,15-17H,9-14H2,1-3H3/q+1. The highest BCUT2D eigenvalue weighted by molar-refractivity contribution is 7.42. The van der Waals surface area contributed by atoms with Gasteiger partial charge in [-0.2, -0.15) is 0 Å². The van der Waals surface area contributed by atoms with Crippen LogP contribution in [0, 0.1) is 17.8 Å². The van der Waals surface area contributed by atoms with Crippen LogP contribution in [0.5, 0.6) is 0 Å². The Balaban J connectivity index is 1.69. The molecule has 5 aliphatic rings. The molecular formula is C21H29Cl2N2Si+. The summed E-state index contributed by atoms with van der Waals surface area (Å²) in [4.78, 5) is 0. The topological polar surface area (TPSA) is 6.25 Å². The molecule has 0 amide bonds. The molecule has 26 heavy (non-hydrogen) atoms. The Morgan fingerprint density at radius 3 is 1.92 bits per heavy atom. The summed E-state index contributed by atoms with van der Waals surface area (Å²) in [5.41, 5.74) is 1.40. The largest absolute Gasteiger partial charge is 0.688 e. The Morgan fingerprint density at radius 1 is 0.962 bits per heavy atom. The van der Waals surface area contributed by atoms with E-state index in [2.05, 4.69) is 59.9 Å². The fourth-order valence-electron chi connectivity index (χ4n) is 6.83. The highest BCUT2D eigenvalue weighted by atomic mass is 35.7. The summed E-state index contributed by atoms with van der Waals surface area (Å²) in [7, 11) is -2.70. The second-order valence-corrected chi connectivity index (χ2v) is 15.8. The average molecular weight is 408 g/mol. The molecule has 4 fully saturated rings. The number of hydrogen-bond acceptors (Lipinski definition) is 1. The minimum absolute atomic E-state index is 0.0698. The van der Waals surface area contributed by atoms with Gasteiger partial charge >= 0.3 is 7.02 Å². The summed E-state index contributed by atoms with van der Waals surface area (Å²) in [6, 6.07) is 10.8. The van der Waals surface area contributed by atoms with Crippen LogP contribution in [-0.4, -0.2) is 32.7 Å². The van der Waals surface area contributed by atoms with Crippen LogP contribution in [-0.2, 0) is 0 Å². The minimum atomic E-state index is -2.70. The van der Waals surface area contributed by atoms with E-state index in [1.807, 2.05) is 0 Å². The van der Waals surface area contributed by atoms with Crippen molar-refractivity contribution < 1.29 is 4.24 Å². The van der Waals surface area contributed by atoms with Gasteiger partial charge in [0.25, 0.3) is 5.84 Å². The molecule has 2 nitrogen and oxygen atoms in total. The number of halogens is 2. The van der Waals surface area contributed by atoms with E-state index >= 15 is 0 Å². The lowest BCUT2D eigenvalue weighted by atomic mass is 9.53. The third-order valence-electron chi connectivity index (χ3n) is 7.14. The molecule has 0 saturated heterocycles. The molecule has 0 unspecified atom stereocenters. The molecule has 1 heterocycles. The molecule has 5 heteroatoms. The number of rotatable bonds is 2. The number of hydrogen-bond donors (Lipinski definition) is 0. The molecule has 4 saturated carbocycles. The van der Waals surface area contributed by atoms with Crippen molar-refractivity contribution in [2.24, 2.45) is 17.8 Å². The van der Waals surface area contributed by atoms with Gasteiger partial charge < -0.3 is 0 Å². The third kappa shape index (κ3) is 2.39. The van der Waals surface area contributed by atoms with E-state index in [1.165, 1.54) is 49.9 Å². The van der Waals surface area contributed by atoms with Crippen molar-refractivity contribution in [1.29, 1.82) is 0 Å². The lowest BCUT2D eigenvalue weighted by Gasteiger charge is -2.60. The highest BCUT2D eigenvalue weighted by Crippen LogP contribution is 2.60. The maximum absolute atomic E-state index is 7.24. The molecule has 0 N–H and O–H groups in total. The van der Waals surface area contributed by atoms with Gasteiger partial charge in [-0.25, -0.2) is 8.81 Å². The number of nitrogens with zero attached hydrogens (tertiary/aromatic N) is 2. The van der Waals surface area contributed by atoms with Crippen LogP contribution >= 0.6 is 22.2 Å². The molecule has 1 aromatic rings. The van der Waals surface area contributed by atoms with Crippen molar-refractivity contribution in [2.75, 3.05) is 0 Å². The minimum Gasteiger partial charge on any atom is -0.245 e. The Morgan fingerprint density at radius 2 is 1.46 bits per heavy atom. The molecule has 1 aromatic carbocycles. The Hall–Kier alpha value is -0.513. The van der Waals surface area contributed by atoms with E-state index in [1.54, 1.807) is 0 Å². The van der Waals surface area contributed by atoms with Crippen molar-refractivity contribution in [3.63, 3.8) is 0 Å². The maximum atomic E-state index is 7.24. The molecular weight excluding hydrogens is 379 g/mol. The summed E-state index contributed by atoms with van der Waals surface area (Å²) in [5.74, 6) is 3.96. The molecule has 4 bridgehead atoms. The Kier molecular flexibility index (Phi) is 3.73. The van der Waals surface area contributed by atoms with Crippen molar-refractivity contribution in [3.05, 3.63) is 35.9 Å². The zero-order valence-corrected chi connectivity index (χ0v) is 18.5. The fraction of sp³-hybridized carbons (Fsp3) is 0.667. The summed E-state index contributed by atoms with van der Waals surface area (Å²) in [6.07, 6.45) is 8.20. The van der Waals surface area contributed by atoms with Crippen LogP contribution in [0.4, 0.5) is 0 Å². The Labute approximate surface area is 167 Å². The van der Waals surface area contributed by atoms with Crippen LogP contribution in [0.1, 0.15) is 64.9 Å². The lowest BCUT2D eigenvalue weighted by Crippen LogP contribution is -2.80. The predicted octanol–water partition coefficient (Wildman–Crippen LogP) is 5.44. The summed E-state index contributed by atoms with van der Waals surface area (Å²) in [5, 5.41) is 0. The monoisotopic (exact) mass is 407 g/mol. The molecule has 6 rings (SSSR count). The van der Waals surface area contributed by atoms with Gasteiger partial charge in [0.2, 0.25) is 0 Å². The van der Waals surface area contributed by atoms with E-state index in [4.69, 9.17) is 22.2 Å². The predicted molar refractivity (Wildman–Crippen MR) is 111 cm³/mol. The van der Waals surface area contributed by atoms with Gasteiger partial charge in [-0.05, 0) is 111 Å². The smallest absolute Gasteiger partial charge is 0.245 e. The summed E-state index contributed by atoms with van der Waals surface area (Å²) < 4.78 is 4.92. The van der Waals surface area contributed by atoms with Gasteiger partial charge in [0, 0.05) is 0 Å². The normalized spacial score (nSPS) is 37.9. The first kappa shape index (κ1) is 17.6. The van der Waals surface area contributed by atoms with Gasteiger partial charge in [-0.1, -0.05) is 18.2 Å². The Bertz CT molecular complexity index is 731. The van der Waals surface area contributed by atoms with E-state index in [-0.39, 0.29) is 11.1 Å². The second-order valence-electron chi connectivity index (χ2n) is 10.2. The molecule has 0 spiro atoms. The molecule has 4 aliphatic carbocycles. The van der Waals surface area contributed by atoms with Crippen molar-refractivity contribution in [2.45, 2.75) is 70.4 Å². The van der Waals surface area contributed by atoms with Crippen LogP contribution in [0.15, 0.2) is 30.3 Å². The van der Waals surface area contributed by atoms with Crippen molar-refractivity contribution in [1.82, 2.24) is 4.57 Å². The van der Waals surface area contributed by atoms with Gasteiger partial charge in [0.05, 0.1) is 16.6 Å². The van der Waals surface area contributed by atoms with Crippen LogP contribution < -0.4 is 0 Å². The SMILES string of the molecule is CC(C)(C)N1C(c2ccccc2)=[N+](C23CC4CC(CC(C4)C2)C3)[Si]1(Cl)Cl. The highest BCUT2D eigenvalue weighted by Gasteiger charge is 2.75. The molecule has 140 valence electrons. The summed E-state index contributed by atoms with van der Waals surface area (Å²) in [6.45, 7) is 6.71. The van der Waals surface area contributed by atoms with Gasteiger partial charge in [-0.15, -0.1) is 0 Å². The van der Waals surface area contributed by atoms with Gasteiger partial charge in [0.15, 0.2) is 0 Å². The second kappa shape index (κ2) is 5.52. The van der Waals surface area contributed by atoms with Crippen molar-refractivity contribution in [3.8, 4) is 0 Å². The molecule has 0 radical (unpaired) electrons. The quantitative estimate of drug-likeness (QED) is 0.466. The first-order chi connectivity index (χ1) is 12.2. The fourth-order valence-corrected chi connectivity index (χ4v) is 13.1. The van der Waals surface area contributed by atoms with Crippen molar-refractivity contribution >= 4 is 35.0 Å². The van der Waals surface area contributed by atoms with E-state index in [0.717, 1.165) is 17.8 Å². The molecule has 1 aliphatic heterocycles.